The SMILES string of the molecule is CC1(C)OB(c2ccc(OC(F)(F)F)c(C(=O)N3CCCC3)c2)OC1(C)C. The lowest BCUT2D eigenvalue weighted by atomic mass is 9.78. The van der Waals surface area contributed by atoms with E-state index < -0.39 is 36.3 Å². The number of amides is 1. The average molecular weight is 385 g/mol. The van der Waals surface area contributed by atoms with Gasteiger partial charge in [0.25, 0.3) is 5.91 Å². The standard InChI is InChI=1S/C18H23BF3NO4/c1-16(2)17(3,4)27-19(26-16)12-7-8-14(25-18(20,21)22)13(11-12)15(24)23-9-5-6-10-23/h7-8,11H,5-6,9-10H2,1-4H3. The van der Waals surface area contributed by atoms with Crippen LogP contribution >= 0.6 is 0 Å². The third kappa shape index (κ3) is 4.08. The van der Waals surface area contributed by atoms with Gasteiger partial charge in [-0.05, 0) is 58.1 Å². The summed E-state index contributed by atoms with van der Waals surface area (Å²) in [5, 5.41) is 0. The smallest absolute Gasteiger partial charge is 0.405 e. The topological polar surface area (TPSA) is 48.0 Å². The first-order valence-electron chi connectivity index (χ1n) is 8.94. The molecule has 0 saturated carbocycles. The zero-order chi connectivity index (χ0) is 20.0. The van der Waals surface area contributed by atoms with Crippen LogP contribution in [0.15, 0.2) is 18.2 Å². The highest BCUT2D eigenvalue weighted by Crippen LogP contribution is 2.37. The number of ether oxygens (including phenoxy) is 1. The number of halogens is 3. The molecule has 1 amide bonds. The van der Waals surface area contributed by atoms with E-state index >= 15 is 0 Å². The van der Waals surface area contributed by atoms with Crippen molar-refractivity contribution in [3.05, 3.63) is 23.8 Å². The minimum atomic E-state index is -4.88. The Labute approximate surface area is 156 Å². The summed E-state index contributed by atoms with van der Waals surface area (Å²) in [7, 11) is -0.778. The molecule has 0 spiro atoms. The van der Waals surface area contributed by atoms with Gasteiger partial charge >= 0.3 is 13.5 Å². The number of benzene rings is 1. The van der Waals surface area contributed by atoms with Crippen molar-refractivity contribution in [3.8, 4) is 5.75 Å². The first kappa shape index (κ1) is 20.0. The molecule has 0 N–H and O–H groups in total. The molecule has 5 nitrogen and oxygen atoms in total. The zero-order valence-electron chi connectivity index (χ0n) is 15.9. The highest BCUT2D eigenvalue weighted by molar-refractivity contribution is 6.62. The summed E-state index contributed by atoms with van der Waals surface area (Å²) in [6.45, 7) is 8.56. The molecule has 0 aromatic heterocycles. The van der Waals surface area contributed by atoms with E-state index in [0.29, 0.717) is 18.6 Å². The fourth-order valence-electron chi connectivity index (χ4n) is 3.14. The minimum Gasteiger partial charge on any atom is -0.405 e. The van der Waals surface area contributed by atoms with Crippen LogP contribution in [0.5, 0.6) is 5.75 Å². The Kier molecular flexibility index (Phi) is 4.97. The lowest BCUT2D eigenvalue weighted by Crippen LogP contribution is -2.41. The molecule has 9 heteroatoms. The van der Waals surface area contributed by atoms with Crippen molar-refractivity contribution in [3.63, 3.8) is 0 Å². The summed E-state index contributed by atoms with van der Waals surface area (Å²) >= 11 is 0. The highest BCUT2D eigenvalue weighted by Gasteiger charge is 2.52. The van der Waals surface area contributed by atoms with Crippen molar-refractivity contribution >= 4 is 18.5 Å². The van der Waals surface area contributed by atoms with Crippen LogP contribution in [-0.2, 0) is 9.31 Å². The molecule has 0 unspecified atom stereocenters. The Morgan fingerprint density at radius 2 is 1.67 bits per heavy atom. The third-order valence-electron chi connectivity index (χ3n) is 5.38. The molecule has 0 radical (unpaired) electrons. The Bertz CT molecular complexity index is 714. The fraction of sp³-hybridized carbons (Fsp3) is 0.611. The van der Waals surface area contributed by atoms with Gasteiger partial charge in [0.05, 0.1) is 16.8 Å². The van der Waals surface area contributed by atoms with Crippen LogP contribution in [0.1, 0.15) is 50.9 Å². The molecule has 3 rings (SSSR count). The van der Waals surface area contributed by atoms with Gasteiger partial charge in [-0.1, -0.05) is 6.07 Å². The summed E-state index contributed by atoms with van der Waals surface area (Å²) in [5.74, 6) is -0.996. The first-order valence-corrected chi connectivity index (χ1v) is 8.94. The molecular weight excluding hydrogens is 362 g/mol. The molecule has 0 atom stereocenters. The molecule has 27 heavy (non-hydrogen) atoms. The van der Waals surface area contributed by atoms with Crippen LogP contribution in [-0.4, -0.2) is 48.6 Å². The molecule has 2 heterocycles. The van der Waals surface area contributed by atoms with Crippen molar-refractivity contribution in [2.75, 3.05) is 13.1 Å². The quantitative estimate of drug-likeness (QED) is 0.751. The summed E-state index contributed by atoms with van der Waals surface area (Å²) in [6, 6.07) is 3.96. The van der Waals surface area contributed by atoms with Crippen LogP contribution in [0, 0.1) is 0 Å². The van der Waals surface area contributed by atoms with E-state index in [1.807, 2.05) is 27.7 Å². The van der Waals surface area contributed by atoms with E-state index in [4.69, 9.17) is 9.31 Å². The molecule has 148 valence electrons. The van der Waals surface area contributed by atoms with Crippen molar-refractivity contribution in [2.45, 2.75) is 58.1 Å². The van der Waals surface area contributed by atoms with Crippen LogP contribution in [0.4, 0.5) is 13.2 Å². The molecule has 2 saturated heterocycles. The highest BCUT2D eigenvalue weighted by atomic mass is 19.4. The maximum Gasteiger partial charge on any atom is 0.573 e. The number of hydrogen-bond acceptors (Lipinski definition) is 4. The van der Waals surface area contributed by atoms with Crippen molar-refractivity contribution in [1.82, 2.24) is 4.90 Å². The second-order valence-corrected chi connectivity index (χ2v) is 7.89. The average Bonchev–Trinajstić information content (AvgIpc) is 3.12. The van der Waals surface area contributed by atoms with Gasteiger partial charge in [0.1, 0.15) is 5.75 Å². The Morgan fingerprint density at radius 1 is 1.11 bits per heavy atom. The van der Waals surface area contributed by atoms with E-state index in [1.54, 1.807) is 0 Å². The van der Waals surface area contributed by atoms with Crippen molar-refractivity contribution in [2.24, 2.45) is 0 Å². The molecule has 0 aliphatic carbocycles. The molecule has 1 aromatic rings. The predicted molar refractivity (Wildman–Crippen MR) is 94.0 cm³/mol. The minimum absolute atomic E-state index is 0.138. The molecule has 2 aliphatic heterocycles. The Balaban J connectivity index is 1.95. The lowest BCUT2D eigenvalue weighted by molar-refractivity contribution is -0.274. The molecule has 2 fully saturated rings. The van der Waals surface area contributed by atoms with Crippen LogP contribution in [0.25, 0.3) is 0 Å². The maximum atomic E-state index is 12.8. The lowest BCUT2D eigenvalue weighted by Gasteiger charge is -2.32. The van der Waals surface area contributed by atoms with E-state index in [2.05, 4.69) is 4.74 Å². The molecule has 1 aromatic carbocycles. The zero-order valence-corrected chi connectivity index (χ0v) is 15.9. The Hall–Kier alpha value is -1.74. The largest absolute Gasteiger partial charge is 0.573 e. The van der Waals surface area contributed by atoms with Gasteiger partial charge in [-0.2, -0.15) is 0 Å². The third-order valence-corrected chi connectivity index (χ3v) is 5.38. The number of nitrogens with zero attached hydrogens (tertiary/aromatic N) is 1. The number of alkyl halides is 3. The van der Waals surface area contributed by atoms with Crippen molar-refractivity contribution < 1.29 is 32.0 Å². The summed E-state index contributed by atoms with van der Waals surface area (Å²) in [4.78, 5) is 14.3. The number of carbonyl (C=O) groups excluding carboxylic acids is 1. The van der Waals surface area contributed by atoms with Crippen LogP contribution in [0.2, 0.25) is 0 Å². The van der Waals surface area contributed by atoms with Gasteiger partial charge in [0.2, 0.25) is 0 Å². The predicted octanol–water partition coefficient (Wildman–Crippen LogP) is 3.12. The first-order chi connectivity index (χ1) is 12.4. The van der Waals surface area contributed by atoms with Gasteiger partial charge in [-0.25, -0.2) is 0 Å². The maximum absolute atomic E-state index is 12.8. The van der Waals surface area contributed by atoms with E-state index in [0.717, 1.165) is 18.9 Å². The van der Waals surface area contributed by atoms with Crippen LogP contribution < -0.4 is 10.2 Å². The normalized spacial score (nSPS) is 21.6. The molecular formula is C18H23BF3NO4. The molecule has 0 bridgehead atoms. The number of carbonyl (C=O) groups is 1. The summed E-state index contributed by atoms with van der Waals surface area (Å²) < 4.78 is 54.3. The van der Waals surface area contributed by atoms with E-state index in [1.165, 1.54) is 17.0 Å². The number of hydrogen-bond donors (Lipinski definition) is 0. The van der Waals surface area contributed by atoms with E-state index in [9.17, 15) is 18.0 Å². The van der Waals surface area contributed by atoms with Crippen molar-refractivity contribution in [1.29, 1.82) is 0 Å². The summed E-state index contributed by atoms with van der Waals surface area (Å²) in [5.41, 5.74) is -0.859. The van der Waals surface area contributed by atoms with E-state index in [-0.39, 0.29) is 5.56 Å². The second-order valence-electron chi connectivity index (χ2n) is 7.89. The monoisotopic (exact) mass is 385 g/mol. The van der Waals surface area contributed by atoms with Gasteiger partial charge < -0.3 is 18.9 Å². The Morgan fingerprint density at radius 3 is 2.19 bits per heavy atom. The van der Waals surface area contributed by atoms with Gasteiger partial charge in [-0.3, -0.25) is 4.79 Å². The summed E-state index contributed by atoms with van der Waals surface area (Å²) in [6.07, 6.45) is -3.22. The van der Waals surface area contributed by atoms with Crippen LogP contribution in [0.3, 0.4) is 0 Å². The molecule has 2 aliphatic rings. The van der Waals surface area contributed by atoms with Gasteiger partial charge in [0.15, 0.2) is 0 Å². The second kappa shape index (κ2) is 6.70. The van der Waals surface area contributed by atoms with Gasteiger partial charge in [0, 0.05) is 13.1 Å². The number of likely N-dealkylation sites (tertiary alicyclic amines) is 1. The van der Waals surface area contributed by atoms with Gasteiger partial charge in [-0.15, -0.1) is 13.2 Å². The fourth-order valence-corrected chi connectivity index (χ4v) is 3.14. The number of rotatable bonds is 3.